The van der Waals surface area contributed by atoms with Crippen molar-refractivity contribution < 1.29 is 15.0 Å². The molecule has 0 saturated carbocycles. The predicted molar refractivity (Wildman–Crippen MR) is 137 cm³/mol. The lowest BCUT2D eigenvalue weighted by Crippen LogP contribution is -2.50. The van der Waals surface area contributed by atoms with Crippen molar-refractivity contribution in [2.45, 2.75) is 64.6 Å². The summed E-state index contributed by atoms with van der Waals surface area (Å²) in [5.41, 5.74) is 0.854. The summed E-state index contributed by atoms with van der Waals surface area (Å²) < 4.78 is 0. The number of carbonyl (C=O) groups excluding carboxylic acids is 1. The van der Waals surface area contributed by atoms with Crippen molar-refractivity contribution in [2.75, 3.05) is 26.3 Å². The SMILES string of the molecule is C=C(Cl)CC/C=C(\C)[C@@H](CO)NC(=O)N[C@H]1C=NN(C2=NC(NC(CO)CC(C)C)=NCC2)C1. The van der Waals surface area contributed by atoms with Crippen LogP contribution in [0.1, 0.15) is 46.5 Å². The third kappa shape index (κ3) is 9.44. The van der Waals surface area contributed by atoms with Crippen LogP contribution in [0.25, 0.3) is 0 Å². The second kappa shape index (κ2) is 14.1. The normalized spacial score (nSPS) is 20.0. The summed E-state index contributed by atoms with van der Waals surface area (Å²) in [6, 6.07) is -1.28. The summed E-state index contributed by atoms with van der Waals surface area (Å²) in [5.74, 6) is 1.69. The fourth-order valence-electron chi connectivity index (χ4n) is 3.64. The van der Waals surface area contributed by atoms with Crippen LogP contribution in [0.5, 0.6) is 0 Å². The molecule has 10 nitrogen and oxygen atoms in total. The number of aliphatic imine (C=N–C) groups is 2. The number of rotatable bonds is 11. The van der Waals surface area contributed by atoms with Gasteiger partial charge in [-0.2, -0.15) is 10.1 Å². The fourth-order valence-corrected chi connectivity index (χ4v) is 3.75. The molecular weight excluding hydrogens is 458 g/mol. The number of nitrogens with one attached hydrogen (secondary N) is 3. The number of halogens is 1. The molecule has 2 rings (SSSR count). The molecule has 190 valence electrons. The zero-order chi connectivity index (χ0) is 25.1. The lowest BCUT2D eigenvalue weighted by molar-refractivity contribution is 0.222. The van der Waals surface area contributed by atoms with E-state index in [1.165, 1.54) is 0 Å². The smallest absolute Gasteiger partial charge is 0.315 e. The highest BCUT2D eigenvalue weighted by atomic mass is 35.5. The number of aliphatic hydroxyl groups excluding tert-OH is 2. The van der Waals surface area contributed by atoms with Gasteiger partial charge < -0.3 is 26.2 Å². The molecule has 0 aliphatic carbocycles. The van der Waals surface area contributed by atoms with E-state index in [-0.39, 0.29) is 31.3 Å². The maximum Gasteiger partial charge on any atom is 0.315 e. The molecule has 0 radical (unpaired) electrons. The molecule has 0 aromatic heterocycles. The molecule has 11 heteroatoms. The van der Waals surface area contributed by atoms with E-state index in [0.29, 0.717) is 49.3 Å². The molecule has 2 aliphatic heterocycles. The lowest BCUT2D eigenvalue weighted by Gasteiger charge is -2.24. The Bertz CT molecular complexity index is 825. The minimum absolute atomic E-state index is 0.0104. The summed E-state index contributed by atoms with van der Waals surface area (Å²) >= 11 is 5.78. The first-order chi connectivity index (χ1) is 16.2. The van der Waals surface area contributed by atoms with Gasteiger partial charge in [-0.25, -0.2) is 9.80 Å². The zero-order valence-corrected chi connectivity index (χ0v) is 21.1. The number of nitrogens with zero attached hydrogens (tertiary/aromatic N) is 4. The molecule has 2 amide bonds. The molecule has 5 N–H and O–H groups in total. The molecule has 2 aliphatic rings. The maximum absolute atomic E-state index is 12.5. The van der Waals surface area contributed by atoms with E-state index in [0.717, 1.165) is 17.8 Å². The van der Waals surface area contributed by atoms with Crippen molar-refractivity contribution in [3.05, 3.63) is 23.3 Å². The predicted octanol–water partition coefficient (Wildman–Crippen LogP) is 1.95. The average molecular weight is 496 g/mol. The number of guanidine groups is 1. The van der Waals surface area contributed by atoms with Crippen LogP contribution in [0, 0.1) is 5.92 Å². The summed E-state index contributed by atoms with van der Waals surface area (Å²) in [6.45, 7) is 10.5. The zero-order valence-electron chi connectivity index (χ0n) is 20.3. The third-order valence-corrected chi connectivity index (χ3v) is 5.62. The Morgan fingerprint density at radius 1 is 1.38 bits per heavy atom. The van der Waals surface area contributed by atoms with Crippen LogP contribution in [0.4, 0.5) is 4.79 Å². The number of amides is 2. The number of hydrogen-bond donors (Lipinski definition) is 5. The van der Waals surface area contributed by atoms with E-state index < -0.39 is 6.04 Å². The topological polar surface area (TPSA) is 134 Å². The Kier molecular flexibility index (Phi) is 11.5. The van der Waals surface area contributed by atoms with Crippen LogP contribution in [0.3, 0.4) is 0 Å². The Balaban J connectivity index is 1.86. The Labute approximate surface area is 206 Å². The van der Waals surface area contributed by atoms with Gasteiger partial charge in [0.2, 0.25) is 5.96 Å². The molecule has 0 aromatic rings. The number of amidine groups is 1. The largest absolute Gasteiger partial charge is 0.394 e. The van der Waals surface area contributed by atoms with Gasteiger partial charge >= 0.3 is 6.03 Å². The van der Waals surface area contributed by atoms with Gasteiger partial charge in [-0.05, 0) is 32.1 Å². The van der Waals surface area contributed by atoms with Crippen molar-refractivity contribution in [3.8, 4) is 0 Å². The van der Waals surface area contributed by atoms with Crippen molar-refractivity contribution in [1.29, 1.82) is 0 Å². The van der Waals surface area contributed by atoms with E-state index in [4.69, 9.17) is 11.6 Å². The maximum atomic E-state index is 12.5. The van der Waals surface area contributed by atoms with Gasteiger partial charge in [0.15, 0.2) is 0 Å². The van der Waals surface area contributed by atoms with E-state index in [1.54, 1.807) is 11.2 Å². The van der Waals surface area contributed by atoms with Gasteiger partial charge in [-0.1, -0.05) is 43.7 Å². The van der Waals surface area contributed by atoms with Crippen LogP contribution in [0.15, 0.2) is 38.3 Å². The van der Waals surface area contributed by atoms with Crippen LogP contribution in [0.2, 0.25) is 0 Å². The van der Waals surface area contributed by atoms with Crippen molar-refractivity contribution in [2.24, 2.45) is 21.0 Å². The monoisotopic (exact) mass is 495 g/mol. The first-order valence-corrected chi connectivity index (χ1v) is 12.1. The molecule has 0 bridgehead atoms. The first kappa shape index (κ1) is 27.8. The molecule has 0 aromatic carbocycles. The lowest BCUT2D eigenvalue weighted by atomic mass is 10.0. The summed E-state index contributed by atoms with van der Waals surface area (Å²) in [6.07, 6.45) is 6.39. The van der Waals surface area contributed by atoms with Crippen LogP contribution in [-0.2, 0) is 0 Å². The number of aliphatic hydroxyl groups is 2. The third-order valence-electron chi connectivity index (χ3n) is 5.43. The van der Waals surface area contributed by atoms with Gasteiger partial charge in [0.05, 0.1) is 37.9 Å². The highest BCUT2D eigenvalue weighted by Crippen LogP contribution is 2.12. The Morgan fingerprint density at radius 3 is 2.79 bits per heavy atom. The Morgan fingerprint density at radius 2 is 2.15 bits per heavy atom. The average Bonchev–Trinajstić information content (AvgIpc) is 3.25. The van der Waals surface area contributed by atoms with Crippen molar-refractivity contribution in [3.63, 3.8) is 0 Å². The van der Waals surface area contributed by atoms with Crippen molar-refractivity contribution in [1.82, 2.24) is 21.0 Å². The molecule has 1 unspecified atom stereocenters. The van der Waals surface area contributed by atoms with E-state index in [1.807, 2.05) is 13.0 Å². The summed E-state index contributed by atoms with van der Waals surface area (Å²) in [7, 11) is 0. The fraction of sp³-hybridized carbons (Fsp3) is 0.652. The highest BCUT2D eigenvalue weighted by Gasteiger charge is 2.25. The number of hydrogen-bond acceptors (Lipinski definition) is 8. The highest BCUT2D eigenvalue weighted by molar-refractivity contribution is 6.29. The number of carbonyl (C=O) groups is 1. The molecule has 3 atom stereocenters. The van der Waals surface area contributed by atoms with E-state index in [9.17, 15) is 15.0 Å². The molecule has 0 saturated heterocycles. The Hall–Kier alpha value is -2.43. The number of allylic oxidation sites excluding steroid dienone is 2. The van der Waals surface area contributed by atoms with Gasteiger partial charge in [0.25, 0.3) is 0 Å². The molecule has 2 heterocycles. The summed E-state index contributed by atoms with van der Waals surface area (Å²) in [5, 5.41) is 34.9. The van der Waals surface area contributed by atoms with Crippen LogP contribution in [-0.4, -0.2) is 83.7 Å². The second-order valence-corrected chi connectivity index (χ2v) is 9.48. The van der Waals surface area contributed by atoms with Crippen molar-refractivity contribution >= 4 is 35.6 Å². The van der Waals surface area contributed by atoms with Gasteiger partial charge in [0, 0.05) is 24.2 Å². The number of urea groups is 1. The second-order valence-electron chi connectivity index (χ2n) is 8.95. The van der Waals surface area contributed by atoms with E-state index >= 15 is 0 Å². The van der Waals surface area contributed by atoms with Gasteiger partial charge in [0.1, 0.15) is 5.84 Å². The molecule has 0 spiro atoms. The van der Waals surface area contributed by atoms with Crippen LogP contribution < -0.4 is 16.0 Å². The molecule has 34 heavy (non-hydrogen) atoms. The minimum atomic E-state index is -0.490. The quantitative estimate of drug-likeness (QED) is 0.279. The standard InChI is InChI=1S/C23H38ClN7O3/c1-15(2)10-18(13-32)27-22-25-9-8-21(30-22)31-12-19(11-26-31)28-23(34)29-20(14-33)16(3)6-5-7-17(4)24/h6,11,15,18-20,32-33H,4-5,7-10,12-14H2,1-3H3,(H,25,27)(H2,28,29,34)/b16-6+/t18?,19-,20+/m0/s1. The van der Waals surface area contributed by atoms with Crippen LogP contribution >= 0.6 is 11.6 Å². The molecule has 0 fully saturated rings. The van der Waals surface area contributed by atoms with Gasteiger partial charge in [-0.15, -0.1) is 0 Å². The van der Waals surface area contributed by atoms with E-state index in [2.05, 4.69) is 51.5 Å². The summed E-state index contributed by atoms with van der Waals surface area (Å²) in [4.78, 5) is 21.5. The van der Waals surface area contributed by atoms with Gasteiger partial charge in [-0.3, -0.25) is 4.99 Å². The first-order valence-electron chi connectivity index (χ1n) is 11.7. The molecular formula is C23H38ClN7O3. The number of hydrazone groups is 1. The minimum Gasteiger partial charge on any atom is -0.394 e.